The van der Waals surface area contributed by atoms with E-state index >= 15 is 0 Å². The van der Waals surface area contributed by atoms with Gasteiger partial charge in [-0.2, -0.15) is 0 Å². The molecule has 0 radical (unpaired) electrons. The van der Waals surface area contributed by atoms with Gasteiger partial charge in [0.1, 0.15) is 18.5 Å². The van der Waals surface area contributed by atoms with Crippen LogP contribution in [0.5, 0.6) is 5.75 Å². The third-order valence-electron chi connectivity index (χ3n) is 2.57. The molecule has 1 rings (SSSR count). The zero-order chi connectivity index (χ0) is 12.7. The van der Waals surface area contributed by atoms with Gasteiger partial charge in [0.05, 0.1) is 0 Å². The lowest BCUT2D eigenvalue weighted by Crippen LogP contribution is -2.36. The molecule has 0 amide bonds. The van der Waals surface area contributed by atoms with Crippen molar-refractivity contribution in [2.45, 2.75) is 32.4 Å². The molecule has 0 saturated carbocycles. The van der Waals surface area contributed by atoms with E-state index in [0.29, 0.717) is 19.2 Å². The first-order valence-corrected chi connectivity index (χ1v) is 6.71. The highest BCUT2D eigenvalue weighted by Gasteiger charge is 2.06. The van der Waals surface area contributed by atoms with Crippen LogP contribution in [-0.4, -0.2) is 30.4 Å². The van der Waals surface area contributed by atoms with Gasteiger partial charge in [-0.05, 0) is 37.6 Å². The standard InChI is InChI=1S/C13H20BrNO2/c1-3-10(2)15-8-12(16)9-17-13-6-4-11(14)5-7-13/h4-7,10,12,15-16H,3,8-9H2,1-2H3/t10-,12-/m1/s1. The predicted octanol–water partition coefficient (Wildman–Crippen LogP) is 2.58. The number of rotatable bonds is 7. The maximum atomic E-state index is 9.71. The Morgan fingerprint density at radius 3 is 2.59 bits per heavy atom. The van der Waals surface area contributed by atoms with Crippen LogP contribution in [-0.2, 0) is 0 Å². The summed E-state index contributed by atoms with van der Waals surface area (Å²) >= 11 is 3.36. The van der Waals surface area contributed by atoms with Gasteiger partial charge in [-0.3, -0.25) is 0 Å². The van der Waals surface area contributed by atoms with Crippen LogP contribution in [0.15, 0.2) is 28.7 Å². The second-order valence-corrected chi connectivity index (χ2v) is 5.05. The van der Waals surface area contributed by atoms with Gasteiger partial charge < -0.3 is 15.2 Å². The molecule has 0 aliphatic carbocycles. The zero-order valence-electron chi connectivity index (χ0n) is 10.3. The van der Waals surface area contributed by atoms with Gasteiger partial charge in [0.15, 0.2) is 0 Å². The van der Waals surface area contributed by atoms with E-state index in [1.54, 1.807) is 0 Å². The Morgan fingerprint density at radius 2 is 2.00 bits per heavy atom. The van der Waals surface area contributed by atoms with Crippen molar-refractivity contribution in [2.24, 2.45) is 0 Å². The topological polar surface area (TPSA) is 41.5 Å². The fourth-order valence-electron chi connectivity index (χ4n) is 1.26. The van der Waals surface area contributed by atoms with E-state index in [9.17, 15) is 5.11 Å². The molecule has 1 aromatic carbocycles. The van der Waals surface area contributed by atoms with Crippen molar-refractivity contribution in [3.63, 3.8) is 0 Å². The van der Waals surface area contributed by atoms with E-state index in [1.165, 1.54) is 0 Å². The normalized spacial score (nSPS) is 14.4. The summed E-state index contributed by atoms with van der Waals surface area (Å²) in [4.78, 5) is 0. The van der Waals surface area contributed by atoms with Crippen LogP contribution in [0.3, 0.4) is 0 Å². The number of hydrogen-bond donors (Lipinski definition) is 2. The third kappa shape index (κ3) is 6.05. The van der Waals surface area contributed by atoms with Gasteiger partial charge in [0.2, 0.25) is 0 Å². The maximum Gasteiger partial charge on any atom is 0.119 e. The van der Waals surface area contributed by atoms with Gasteiger partial charge in [0.25, 0.3) is 0 Å². The number of halogens is 1. The highest BCUT2D eigenvalue weighted by Crippen LogP contribution is 2.16. The molecule has 17 heavy (non-hydrogen) atoms. The SMILES string of the molecule is CC[C@@H](C)NC[C@@H](O)COc1ccc(Br)cc1. The van der Waals surface area contributed by atoms with Crippen LogP contribution in [0.2, 0.25) is 0 Å². The average molecular weight is 302 g/mol. The van der Waals surface area contributed by atoms with Gasteiger partial charge in [-0.25, -0.2) is 0 Å². The van der Waals surface area contributed by atoms with Crippen molar-refractivity contribution >= 4 is 15.9 Å². The average Bonchev–Trinajstić information content (AvgIpc) is 2.35. The molecule has 4 heteroatoms. The summed E-state index contributed by atoms with van der Waals surface area (Å²) in [7, 11) is 0. The third-order valence-corrected chi connectivity index (χ3v) is 3.10. The largest absolute Gasteiger partial charge is 0.491 e. The highest BCUT2D eigenvalue weighted by atomic mass is 79.9. The summed E-state index contributed by atoms with van der Waals surface area (Å²) in [6.45, 7) is 5.08. The molecular formula is C13H20BrNO2. The lowest BCUT2D eigenvalue weighted by atomic mass is 10.2. The minimum atomic E-state index is -0.479. The molecule has 0 fully saturated rings. The number of aliphatic hydroxyl groups excluding tert-OH is 1. The Balaban J connectivity index is 2.23. The predicted molar refractivity (Wildman–Crippen MR) is 73.4 cm³/mol. The van der Waals surface area contributed by atoms with Crippen LogP contribution < -0.4 is 10.1 Å². The molecule has 0 unspecified atom stereocenters. The van der Waals surface area contributed by atoms with E-state index in [1.807, 2.05) is 24.3 Å². The van der Waals surface area contributed by atoms with E-state index in [2.05, 4.69) is 35.1 Å². The quantitative estimate of drug-likeness (QED) is 0.813. The Morgan fingerprint density at radius 1 is 1.35 bits per heavy atom. The minimum Gasteiger partial charge on any atom is -0.491 e. The van der Waals surface area contributed by atoms with Crippen molar-refractivity contribution < 1.29 is 9.84 Å². The maximum absolute atomic E-state index is 9.71. The summed E-state index contributed by atoms with van der Waals surface area (Å²) in [5.74, 6) is 0.774. The minimum absolute atomic E-state index is 0.311. The van der Waals surface area contributed by atoms with Gasteiger partial charge in [-0.1, -0.05) is 22.9 Å². The second-order valence-electron chi connectivity index (χ2n) is 4.14. The fourth-order valence-corrected chi connectivity index (χ4v) is 1.53. The van der Waals surface area contributed by atoms with Crippen molar-refractivity contribution in [3.8, 4) is 5.75 Å². The van der Waals surface area contributed by atoms with E-state index < -0.39 is 6.10 Å². The van der Waals surface area contributed by atoms with E-state index in [-0.39, 0.29) is 0 Å². The first kappa shape index (κ1) is 14.5. The van der Waals surface area contributed by atoms with Crippen LogP contribution in [0.25, 0.3) is 0 Å². The number of nitrogens with one attached hydrogen (secondary N) is 1. The zero-order valence-corrected chi connectivity index (χ0v) is 11.9. The molecule has 1 aromatic rings. The first-order chi connectivity index (χ1) is 8.11. The van der Waals surface area contributed by atoms with Crippen molar-refractivity contribution in [1.82, 2.24) is 5.32 Å². The van der Waals surface area contributed by atoms with E-state index in [0.717, 1.165) is 16.6 Å². The molecule has 0 heterocycles. The van der Waals surface area contributed by atoms with Gasteiger partial charge >= 0.3 is 0 Å². The summed E-state index contributed by atoms with van der Waals surface area (Å²) in [6.07, 6.45) is 0.577. The van der Waals surface area contributed by atoms with Crippen molar-refractivity contribution in [1.29, 1.82) is 0 Å². The summed E-state index contributed by atoms with van der Waals surface area (Å²) in [5, 5.41) is 13.0. The lowest BCUT2D eigenvalue weighted by Gasteiger charge is -2.16. The number of hydrogen-bond acceptors (Lipinski definition) is 3. The Bertz CT molecular complexity index is 316. The van der Waals surface area contributed by atoms with E-state index in [4.69, 9.17) is 4.74 Å². The number of ether oxygens (including phenoxy) is 1. The molecule has 2 N–H and O–H groups in total. The Kier molecular flexibility index (Phi) is 6.55. The van der Waals surface area contributed by atoms with Crippen molar-refractivity contribution in [2.75, 3.05) is 13.2 Å². The molecular weight excluding hydrogens is 282 g/mol. The van der Waals surface area contributed by atoms with Crippen LogP contribution in [0, 0.1) is 0 Å². The highest BCUT2D eigenvalue weighted by molar-refractivity contribution is 9.10. The van der Waals surface area contributed by atoms with Crippen LogP contribution in [0.1, 0.15) is 20.3 Å². The smallest absolute Gasteiger partial charge is 0.119 e. The summed E-state index contributed by atoms with van der Waals surface area (Å²) in [5.41, 5.74) is 0. The molecule has 3 nitrogen and oxygen atoms in total. The molecule has 0 aliphatic heterocycles. The summed E-state index contributed by atoms with van der Waals surface area (Å²) in [6, 6.07) is 8.01. The fraction of sp³-hybridized carbons (Fsp3) is 0.538. The monoisotopic (exact) mass is 301 g/mol. The molecule has 0 spiro atoms. The lowest BCUT2D eigenvalue weighted by molar-refractivity contribution is 0.104. The van der Waals surface area contributed by atoms with Crippen molar-refractivity contribution in [3.05, 3.63) is 28.7 Å². The Hall–Kier alpha value is -0.580. The van der Waals surface area contributed by atoms with Gasteiger partial charge in [-0.15, -0.1) is 0 Å². The number of benzene rings is 1. The molecule has 2 atom stereocenters. The molecule has 0 saturated heterocycles. The summed E-state index contributed by atoms with van der Waals surface area (Å²) < 4.78 is 6.50. The molecule has 96 valence electrons. The first-order valence-electron chi connectivity index (χ1n) is 5.91. The second kappa shape index (κ2) is 7.69. The number of aliphatic hydroxyl groups is 1. The van der Waals surface area contributed by atoms with Gasteiger partial charge in [0, 0.05) is 17.1 Å². The Labute approximate surface area is 111 Å². The molecule has 0 aliphatic rings. The van der Waals surface area contributed by atoms with Crippen LogP contribution in [0.4, 0.5) is 0 Å². The molecule has 0 bridgehead atoms. The van der Waals surface area contributed by atoms with Crippen LogP contribution >= 0.6 is 15.9 Å². The molecule has 0 aromatic heterocycles.